The highest BCUT2D eigenvalue weighted by atomic mass is 16.3. The van der Waals surface area contributed by atoms with Gasteiger partial charge in [0, 0.05) is 6.42 Å². The fourth-order valence-corrected chi connectivity index (χ4v) is 9.77. The van der Waals surface area contributed by atoms with Crippen molar-refractivity contribution < 1.29 is 19.8 Å². The Balaban J connectivity index is 1.49. The van der Waals surface area contributed by atoms with Crippen LogP contribution in [-0.4, -0.2) is 40.8 Å². The van der Waals surface area contributed by atoms with Gasteiger partial charge in [0.05, 0.1) is 18.8 Å². The van der Waals surface area contributed by atoms with Crippen molar-refractivity contribution in [1.29, 1.82) is 0 Å². The number of hydrogen-bond donors (Lipinski definition) is 4. The largest absolute Gasteiger partial charge is 0.393 e. The van der Waals surface area contributed by atoms with Crippen LogP contribution < -0.4 is 11.1 Å². The molecule has 6 heteroatoms. The molecule has 0 radical (unpaired) electrons. The summed E-state index contributed by atoms with van der Waals surface area (Å²) in [6, 6.07) is 0. The van der Waals surface area contributed by atoms with Crippen LogP contribution in [0.4, 0.5) is 0 Å². The van der Waals surface area contributed by atoms with Gasteiger partial charge in [-0.2, -0.15) is 0 Å². The van der Waals surface area contributed by atoms with Crippen molar-refractivity contribution in [2.75, 3.05) is 6.54 Å². The average molecular weight is 477 g/mol. The van der Waals surface area contributed by atoms with Crippen LogP contribution >= 0.6 is 0 Å². The third-order valence-corrected chi connectivity index (χ3v) is 11.4. The highest BCUT2D eigenvalue weighted by Gasteiger charge is 2.64. The summed E-state index contributed by atoms with van der Waals surface area (Å²) in [5, 5.41) is 24.9. The predicted octanol–water partition coefficient (Wildman–Crippen LogP) is 3.63. The second-order valence-corrected chi connectivity index (χ2v) is 12.9. The van der Waals surface area contributed by atoms with Gasteiger partial charge in [0.1, 0.15) is 0 Å². The molecule has 4 rings (SSSR count). The van der Waals surface area contributed by atoms with Crippen LogP contribution in [0.25, 0.3) is 0 Å². The molecule has 0 aromatic carbocycles. The summed E-state index contributed by atoms with van der Waals surface area (Å²) in [7, 11) is 0. The number of rotatable bonds is 7. The van der Waals surface area contributed by atoms with Gasteiger partial charge in [-0.1, -0.05) is 34.1 Å². The van der Waals surface area contributed by atoms with Crippen molar-refractivity contribution >= 4 is 11.8 Å². The molecule has 0 bridgehead atoms. The minimum Gasteiger partial charge on any atom is -0.393 e. The van der Waals surface area contributed by atoms with Gasteiger partial charge in [-0.05, 0) is 104 Å². The molecule has 194 valence electrons. The van der Waals surface area contributed by atoms with E-state index in [1.807, 2.05) is 0 Å². The Morgan fingerprint density at radius 1 is 1.03 bits per heavy atom. The Bertz CT molecular complexity index is 774. The fourth-order valence-electron chi connectivity index (χ4n) is 9.77. The number of primary amides is 1. The van der Waals surface area contributed by atoms with E-state index < -0.39 is 5.91 Å². The lowest BCUT2D eigenvalue weighted by molar-refractivity contribution is -0.203. The summed E-state index contributed by atoms with van der Waals surface area (Å²) >= 11 is 0. The van der Waals surface area contributed by atoms with Crippen molar-refractivity contribution in [1.82, 2.24) is 5.32 Å². The molecule has 0 aromatic rings. The average Bonchev–Trinajstić information content (AvgIpc) is 3.14. The topological polar surface area (TPSA) is 113 Å². The first-order valence-corrected chi connectivity index (χ1v) is 13.9. The molecule has 0 spiro atoms. The predicted molar refractivity (Wildman–Crippen MR) is 132 cm³/mol. The summed E-state index contributed by atoms with van der Waals surface area (Å²) in [5.41, 5.74) is 5.58. The van der Waals surface area contributed by atoms with Crippen molar-refractivity contribution in [3.8, 4) is 0 Å². The van der Waals surface area contributed by atoms with Gasteiger partial charge >= 0.3 is 0 Å². The number of nitrogens with two attached hydrogens (primary N) is 1. The lowest BCUT2D eigenvalue weighted by atomic mass is 9.41. The van der Waals surface area contributed by atoms with E-state index in [0.29, 0.717) is 41.9 Å². The molecule has 0 heterocycles. The lowest BCUT2D eigenvalue weighted by Crippen LogP contribution is -2.62. The second kappa shape index (κ2) is 9.72. The van der Waals surface area contributed by atoms with E-state index in [1.54, 1.807) is 0 Å². The van der Waals surface area contributed by atoms with E-state index in [1.165, 1.54) is 25.7 Å². The Morgan fingerprint density at radius 2 is 1.71 bits per heavy atom. The molecule has 4 saturated carbocycles. The lowest BCUT2D eigenvalue weighted by Gasteiger charge is -2.64. The maximum absolute atomic E-state index is 12.2. The first-order chi connectivity index (χ1) is 16.0. The highest BCUT2D eigenvalue weighted by molar-refractivity contribution is 5.83. The van der Waals surface area contributed by atoms with Crippen LogP contribution in [0.5, 0.6) is 0 Å². The van der Waals surface area contributed by atoms with Crippen molar-refractivity contribution in [3.63, 3.8) is 0 Å². The van der Waals surface area contributed by atoms with E-state index in [9.17, 15) is 19.8 Å². The van der Waals surface area contributed by atoms with Crippen LogP contribution in [0.2, 0.25) is 0 Å². The molecule has 2 amide bonds. The van der Waals surface area contributed by atoms with Gasteiger partial charge in [-0.3, -0.25) is 9.59 Å². The van der Waals surface area contributed by atoms with Crippen molar-refractivity contribution in [2.45, 2.75) is 104 Å². The van der Waals surface area contributed by atoms with Crippen LogP contribution in [0.1, 0.15) is 91.9 Å². The van der Waals surface area contributed by atoms with Crippen molar-refractivity contribution in [3.05, 3.63) is 0 Å². The maximum atomic E-state index is 12.2. The first-order valence-electron chi connectivity index (χ1n) is 13.9. The maximum Gasteiger partial charge on any atom is 0.236 e. The molecule has 11 atom stereocenters. The molecule has 34 heavy (non-hydrogen) atoms. The standard InChI is InChI=1S/C28H48N2O4/c1-5-18-22-14-17(31)10-12-28(22,4)21-11-13-27(3)19(7-8-20(27)25(21)26(18)34)16(2)6-9-24(33)30-15-23(29)32/h16-22,25-26,31,34H,5-15H2,1-4H3,(H2,29,32)(H,30,33)/t16-,17-,18-,19?,20+,21+,22?,25?,26-,27?,28?/m1/s1. The molecule has 4 aliphatic carbocycles. The summed E-state index contributed by atoms with van der Waals surface area (Å²) in [5.74, 6) is 2.55. The Hall–Kier alpha value is -1.14. The molecule has 0 saturated heterocycles. The Morgan fingerprint density at radius 3 is 2.38 bits per heavy atom. The van der Waals surface area contributed by atoms with Gasteiger partial charge in [0.15, 0.2) is 0 Å². The minimum absolute atomic E-state index is 0.0905. The molecule has 0 aromatic heterocycles. The molecule has 4 fully saturated rings. The molecule has 5 N–H and O–H groups in total. The number of aliphatic hydroxyl groups excluding tert-OH is 2. The molecular weight excluding hydrogens is 428 g/mol. The van der Waals surface area contributed by atoms with E-state index in [0.717, 1.165) is 32.1 Å². The van der Waals surface area contributed by atoms with E-state index >= 15 is 0 Å². The molecular formula is C28H48N2O4. The van der Waals surface area contributed by atoms with Crippen LogP contribution in [0, 0.1) is 52.3 Å². The monoisotopic (exact) mass is 476 g/mol. The number of carbonyl (C=O) groups excluding carboxylic acids is 2. The Labute approximate surface area is 205 Å². The molecule has 5 unspecified atom stereocenters. The quantitative estimate of drug-likeness (QED) is 0.449. The van der Waals surface area contributed by atoms with Crippen LogP contribution in [0.3, 0.4) is 0 Å². The fraction of sp³-hybridized carbons (Fsp3) is 0.929. The zero-order valence-corrected chi connectivity index (χ0v) is 21.8. The number of hydrogen-bond acceptors (Lipinski definition) is 4. The zero-order chi connectivity index (χ0) is 24.8. The number of carbonyl (C=O) groups is 2. The van der Waals surface area contributed by atoms with Gasteiger partial charge < -0.3 is 21.3 Å². The summed E-state index contributed by atoms with van der Waals surface area (Å²) in [4.78, 5) is 23.1. The van der Waals surface area contributed by atoms with E-state index in [2.05, 4.69) is 33.0 Å². The number of aliphatic hydroxyl groups is 2. The highest BCUT2D eigenvalue weighted by Crippen LogP contribution is 2.69. The Kier molecular flexibility index (Phi) is 7.42. The smallest absolute Gasteiger partial charge is 0.236 e. The number of nitrogens with one attached hydrogen (secondary N) is 1. The minimum atomic E-state index is -0.510. The molecule has 4 aliphatic rings. The van der Waals surface area contributed by atoms with Gasteiger partial charge in [-0.25, -0.2) is 0 Å². The molecule has 0 aliphatic heterocycles. The van der Waals surface area contributed by atoms with E-state index in [-0.39, 0.29) is 41.4 Å². The first kappa shape index (κ1) is 25.9. The zero-order valence-electron chi connectivity index (χ0n) is 21.8. The van der Waals surface area contributed by atoms with Crippen LogP contribution in [0.15, 0.2) is 0 Å². The number of fused-ring (bicyclic) bond motifs is 5. The second-order valence-electron chi connectivity index (χ2n) is 12.9. The summed E-state index contributed by atoms with van der Waals surface area (Å²) in [6.45, 7) is 9.38. The van der Waals surface area contributed by atoms with Gasteiger partial charge in [0.2, 0.25) is 11.8 Å². The van der Waals surface area contributed by atoms with Gasteiger partial charge in [-0.15, -0.1) is 0 Å². The van der Waals surface area contributed by atoms with Crippen LogP contribution in [-0.2, 0) is 9.59 Å². The normalized spacial score (nSPS) is 46.6. The third-order valence-electron chi connectivity index (χ3n) is 11.4. The van der Waals surface area contributed by atoms with Crippen molar-refractivity contribution in [2.24, 2.45) is 58.0 Å². The van der Waals surface area contributed by atoms with E-state index in [4.69, 9.17) is 5.73 Å². The molecule has 6 nitrogen and oxygen atoms in total. The van der Waals surface area contributed by atoms with Gasteiger partial charge in [0.25, 0.3) is 0 Å². The summed E-state index contributed by atoms with van der Waals surface area (Å²) in [6.07, 6.45) is 9.36. The summed E-state index contributed by atoms with van der Waals surface area (Å²) < 4.78 is 0. The third kappa shape index (κ3) is 4.31. The number of amides is 2. The SMILES string of the molecule is CC[C@@H]1C2C[C@H](O)CCC2(C)[C@H]2CCC3(C)C([C@H](C)CCC(=O)NCC(N)=O)CC[C@H]3C2[C@@H]1O.